The van der Waals surface area contributed by atoms with Crippen LogP contribution < -0.4 is 9.64 Å². The van der Waals surface area contributed by atoms with E-state index in [1.165, 1.54) is 18.1 Å². The van der Waals surface area contributed by atoms with E-state index in [9.17, 15) is 14.7 Å². The minimum atomic E-state index is -0.581. The highest BCUT2D eigenvalue weighted by atomic mass is 16.5. The number of hydrogen-bond acceptors (Lipinski definition) is 5. The Morgan fingerprint density at radius 1 is 1.16 bits per heavy atom. The number of esters is 1. The van der Waals surface area contributed by atoms with Crippen molar-refractivity contribution in [2.75, 3.05) is 18.6 Å². The van der Waals surface area contributed by atoms with E-state index in [0.29, 0.717) is 35.2 Å². The van der Waals surface area contributed by atoms with Crippen molar-refractivity contribution in [3.05, 3.63) is 70.4 Å². The number of benzene rings is 2. The first kappa shape index (κ1) is 22.2. The zero-order chi connectivity index (χ0) is 22.7. The molecule has 0 fully saturated rings. The summed E-state index contributed by atoms with van der Waals surface area (Å²) in [5.74, 6) is -0.212. The molecule has 2 aromatic rings. The van der Waals surface area contributed by atoms with Crippen molar-refractivity contribution in [1.82, 2.24) is 0 Å². The Morgan fingerprint density at radius 2 is 1.84 bits per heavy atom. The summed E-state index contributed by atoms with van der Waals surface area (Å²) in [6, 6.07) is 12.5. The lowest BCUT2D eigenvalue weighted by Crippen LogP contribution is -2.24. The van der Waals surface area contributed by atoms with Crippen molar-refractivity contribution in [2.45, 2.75) is 33.6 Å². The summed E-state index contributed by atoms with van der Waals surface area (Å²) < 4.78 is 10.4. The summed E-state index contributed by atoms with van der Waals surface area (Å²) in [6.07, 6.45) is 1.61. The van der Waals surface area contributed by atoms with Crippen molar-refractivity contribution in [1.29, 1.82) is 0 Å². The maximum Gasteiger partial charge on any atom is 0.340 e. The van der Waals surface area contributed by atoms with Crippen LogP contribution in [-0.2, 0) is 14.3 Å². The Hall–Kier alpha value is -3.54. The second-order valence-corrected chi connectivity index (χ2v) is 7.56. The van der Waals surface area contributed by atoms with Gasteiger partial charge in [0.15, 0.2) is 11.5 Å². The normalized spacial score (nSPS) is 15.2. The molecule has 0 spiro atoms. The summed E-state index contributed by atoms with van der Waals surface area (Å²) in [7, 11) is 1.29. The average Bonchev–Trinajstić information content (AvgIpc) is 2.99. The van der Waals surface area contributed by atoms with Gasteiger partial charge in [-0.3, -0.25) is 9.69 Å². The lowest BCUT2D eigenvalue weighted by atomic mass is 10.0. The number of carbonyl (C=O) groups is 2. The minimum Gasteiger partial charge on any atom is -0.504 e. The molecule has 0 unspecified atom stereocenters. The Morgan fingerprint density at radius 3 is 2.42 bits per heavy atom. The fourth-order valence-corrected chi connectivity index (χ4v) is 3.56. The molecule has 31 heavy (non-hydrogen) atoms. The van der Waals surface area contributed by atoms with Gasteiger partial charge in [-0.05, 0) is 61.2 Å². The van der Waals surface area contributed by atoms with Gasteiger partial charge in [0, 0.05) is 11.4 Å². The molecule has 0 atom stereocenters. The van der Waals surface area contributed by atoms with Gasteiger partial charge in [-0.25, -0.2) is 4.79 Å². The number of phenolic OH excluding ortho intramolecular Hbond substituents is 1. The van der Waals surface area contributed by atoms with Crippen LogP contribution in [-0.4, -0.2) is 30.7 Å². The second kappa shape index (κ2) is 9.08. The summed E-state index contributed by atoms with van der Waals surface area (Å²) in [5.41, 5.74) is 3.41. The van der Waals surface area contributed by atoms with Gasteiger partial charge < -0.3 is 14.6 Å². The van der Waals surface area contributed by atoms with Gasteiger partial charge in [-0.15, -0.1) is 0 Å². The number of nitrogens with zero attached hydrogens (tertiary/aromatic N) is 1. The molecule has 2 aromatic carbocycles. The van der Waals surface area contributed by atoms with E-state index in [-0.39, 0.29) is 22.8 Å². The van der Waals surface area contributed by atoms with Crippen molar-refractivity contribution < 1.29 is 24.2 Å². The number of ether oxygens (including phenoxy) is 2. The Balaban J connectivity index is 2.08. The van der Waals surface area contributed by atoms with Gasteiger partial charge in [-0.1, -0.05) is 32.0 Å². The van der Waals surface area contributed by atoms with Gasteiger partial charge in [0.25, 0.3) is 5.91 Å². The molecule has 0 radical (unpaired) electrons. The predicted octanol–water partition coefficient (Wildman–Crippen LogP) is 4.79. The number of methoxy groups -OCH3 is 1. The fraction of sp³-hybridized carbons (Fsp3) is 0.280. The van der Waals surface area contributed by atoms with E-state index in [1.54, 1.807) is 25.1 Å². The van der Waals surface area contributed by atoms with Gasteiger partial charge in [0.05, 0.1) is 24.9 Å². The number of aromatic hydroxyl groups is 1. The van der Waals surface area contributed by atoms with E-state index in [1.807, 2.05) is 31.2 Å². The molecule has 1 heterocycles. The van der Waals surface area contributed by atoms with Crippen molar-refractivity contribution in [3.8, 4) is 11.5 Å². The lowest BCUT2D eigenvalue weighted by molar-refractivity contribution is -0.136. The third-order valence-corrected chi connectivity index (χ3v) is 5.20. The second-order valence-electron chi connectivity index (χ2n) is 7.56. The first-order valence-corrected chi connectivity index (χ1v) is 10.2. The van der Waals surface area contributed by atoms with Gasteiger partial charge in [-0.2, -0.15) is 0 Å². The first-order valence-electron chi connectivity index (χ1n) is 10.2. The molecular formula is C25H27NO5. The largest absolute Gasteiger partial charge is 0.504 e. The number of rotatable bonds is 6. The summed E-state index contributed by atoms with van der Waals surface area (Å²) >= 11 is 0. The fourth-order valence-electron chi connectivity index (χ4n) is 3.56. The molecular weight excluding hydrogens is 394 g/mol. The summed E-state index contributed by atoms with van der Waals surface area (Å²) in [6.45, 7) is 8.13. The van der Waals surface area contributed by atoms with Gasteiger partial charge in [0.1, 0.15) is 0 Å². The molecule has 0 bridgehead atoms. The van der Waals surface area contributed by atoms with Crippen LogP contribution in [0.4, 0.5) is 5.69 Å². The van der Waals surface area contributed by atoms with Crippen LogP contribution in [0.5, 0.6) is 11.5 Å². The van der Waals surface area contributed by atoms with E-state index in [4.69, 9.17) is 9.47 Å². The number of carbonyl (C=O) groups excluding carboxylic acids is 2. The Labute approximate surface area is 182 Å². The summed E-state index contributed by atoms with van der Waals surface area (Å²) in [5, 5.41) is 9.95. The van der Waals surface area contributed by atoms with Gasteiger partial charge in [0.2, 0.25) is 0 Å². The smallest absolute Gasteiger partial charge is 0.340 e. The van der Waals surface area contributed by atoms with E-state index < -0.39 is 5.97 Å². The highest BCUT2D eigenvalue weighted by molar-refractivity contribution is 6.23. The third-order valence-electron chi connectivity index (χ3n) is 5.20. The Bertz CT molecular complexity index is 1060. The molecule has 0 aromatic heterocycles. The Kier molecular flexibility index (Phi) is 6.49. The average molecular weight is 421 g/mol. The molecule has 0 saturated heterocycles. The summed E-state index contributed by atoms with van der Waals surface area (Å²) in [4.78, 5) is 27.4. The number of amides is 1. The van der Waals surface area contributed by atoms with Crippen molar-refractivity contribution in [2.24, 2.45) is 0 Å². The van der Waals surface area contributed by atoms with E-state index in [0.717, 1.165) is 5.56 Å². The molecule has 3 rings (SSSR count). The number of anilines is 1. The van der Waals surface area contributed by atoms with Crippen molar-refractivity contribution in [3.63, 3.8) is 0 Å². The zero-order valence-corrected chi connectivity index (χ0v) is 18.4. The van der Waals surface area contributed by atoms with Crippen molar-refractivity contribution >= 4 is 23.6 Å². The topological polar surface area (TPSA) is 76.1 Å². The van der Waals surface area contributed by atoms with Crippen LogP contribution in [0.15, 0.2) is 59.3 Å². The van der Waals surface area contributed by atoms with E-state index >= 15 is 0 Å². The maximum atomic E-state index is 13.4. The standard InChI is InChI=1S/C25H27NO5/c1-6-31-22-14-17(7-12-21(22)27)13-20-23(25(29)30-5)16(4)26(24(20)28)19-10-8-18(9-11-19)15(2)3/h7-15,27H,6H2,1-5H3/b20-13-. The molecule has 1 amide bonds. The predicted molar refractivity (Wildman–Crippen MR) is 120 cm³/mol. The molecule has 1 aliphatic rings. The first-order chi connectivity index (χ1) is 14.8. The quantitative estimate of drug-likeness (QED) is 0.536. The van der Waals surface area contributed by atoms with Crippen LogP contribution >= 0.6 is 0 Å². The molecule has 1 aliphatic heterocycles. The van der Waals surface area contributed by atoms with Crippen LogP contribution in [0.3, 0.4) is 0 Å². The van der Waals surface area contributed by atoms with E-state index in [2.05, 4.69) is 13.8 Å². The molecule has 6 nitrogen and oxygen atoms in total. The zero-order valence-electron chi connectivity index (χ0n) is 18.4. The SMILES string of the molecule is CCOc1cc(/C=C2\C(=O)N(c3ccc(C(C)C)cc3)C(C)=C2C(=O)OC)ccc1O. The molecule has 0 saturated carbocycles. The number of phenols is 1. The third kappa shape index (κ3) is 4.33. The molecule has 1 N–H and O–H groups in total. The maximum absolute atomic E-state index is 13.4. The molecule has 0 aliphatic carbocycles. The number of hydrogen-bond donors (Lipinski definition) is 1. The van der Waals surface area contributed by atoms with Crippen LogP contribution in [0.25, 0.3) is 6.08 Å². The molecule has 6 heteroatoms. The monoisotopic (exact) mass is 421 g/mol. The number of allylic oxidation sites excluding steroid dienone is 1. The minimum absolute atomic E-state index is 0.00790. The highest BCUT2D eigenvalue weighted by Crippen LogP contribution is 2.37. The molecule has 162 valence electrons. The lowest BCUT2D eigenvalue weighted by Gasteiger charge is -2.19. The van der Waals surface area contributed by atoms with Crippen LogP contribution in [0.1, 0.15) is 44.7 Å². The highest BCUT2D eigenvalue weighted by Gasteiger charge is 2.37. The van der Waals surface area contributed by atoms with Gasteiger partial charge >= 0.3 is 5.97 Å². The van der Waals surface area contributed by atoms with Crippen LogP contribution in [0.2, 0.25) is 0 Å². The van der Waals surface area contributed by atoms with Crippen LogP contribution in [0, 0.1) is 0 Å².